The fraction of sp³-hybridized carbons (Fsp3) is 0.115. The predicted molar refractivity (Wildman–Crippen MR) is 151 cm³/mol. The van der Waals surface area contributed by atoms with E-state index in [1.807, 2.05) is 29.5 Å². The molecular weight excluding hydrogens is 673 g/mol. The Kier molecular flexibility index (Phi) is 8.11. The van der Waals surface area contributed by atoms with Crippen LogP contribution in [0.3, 0.4) is 0 Å². The number of carbonyl (C=O) groups excluding carboxylic acids is 3. The normalized spacial score (nSPS) is 14.5. The maximum Gasteiger partial charge on any atom is 0.335 e. The Labute approximate surface area is 239 Å². The van der Waals surface area contributed by atoms with Gasteiger partial charge in [0.15, 0.2) is 11.5 Å². The van der Waals surface area contributed by atoms with Crippen LogP contribution in [-0.4, -0.2) is 29.9 Å². The molecule has 4 amide bonds. The number of benzene rings is 3. The highest BCUT2D eigenvalue weighted by Crippen LogP contribution is 2.36. The Hall–Kier alpha value is -3.78. The average molecular weight is 692 g/mol. The maximum atomic E-state index is 13.2. The molecule has 0 atom stereocenters. The molecule has 0 radical (unpaired) electrons. The third-order valence-corrected chi connectivity index (χ3v) is 7.26. The molecule has 38 heavy (non-hydrogen) atoms. The van der Waals surface area contributed by atoms with Gasteiger partial charge in [0.25, 0.3) is 17.5 Å². The number of aryl methyl sites for hydroxylation is 1. The molecule has 0 aromatic heterocycles. The van der Waals surface area contributed by atoms with Gasteiger partial charge in [0.05, 0.1) is 21.3 Å². The van der Waals surface area contributed by atoms with Gasteiger partial charge in [0.1, 0.15) is 12.2 Å². The molecule has 3 aromatic rings. The molecule has 0 unspecified atom stereocenters. The van der Waals surface area contributed by atoms with Crippen molar-refractivity contribution in [3.63, 3.8) is 0 Å². The van der Waals surface area contributed by atoms with Gasteiger partial charge < -0.3 is 9.47 Å². The molecule has 1 N–H and O–H groups in total. The van der Waals surface area contributed by atoms with E-state index >= 15 is 0 Å². The van der Waals surface area contributed by atoms with E-state index in [4.69, 9.17) is 9.47 Å². The van der Waals surface area contributed by atoms with Gasteiger partial charge in [-0.15, -0.1) is 0 Å². The Morgan fingerprint density at radius 2 is 1.89 bits per heavy atom. The van der Waals surface area contributed by atoms with Crippen LogP contribution in [0.5, 0.6) is 11.5 Å². The monoisotopic (exact) mass is 691 g/mol. The fourth-order valence-electron chi connectivity index (χ4n) is 3.71. The summed E-state index contributed by atoms with van der Waals surface area (Å²) in [7, 11) is 1.44. The Bertz CT molecular complexity index is 1520. The zero-order valence-corrected chi connectivity index (χ0v) is 23.7. The van der Waals surface area contributed by atoms with Gasteiger partial charge in [-0.05, 0) is 82.6 Å². The van der Waals surface area contributed by atoms with Gasteiger partial charge in [-0.2, -0.15) is 0 Å². The van der Waals surface area contributed by atoms with Gasteiger partial charge in [0.2, 0.25) is 0 Å². The van der Waals surface area contributed by atoms with Crippen LogP contribution in [0.2, 0.25) is 0 Å². The minimum absolute atomic E-state index is 0.0454. The third-order valence-electron chi connectivity index (χ3n) is 5.57. The number of nitrogens with one attached hydrogen (secondary N) is 1. The van der Waals surface area contributed by atoms with E-state index in [-0.39, 0.29) is 17.9 Å². The Balaban J connectivity index is 1.63. The summed E-state index contributed by atoms with van der Waals surface area (Å²) in [5.74, 6) is -0.858. The number of ether oxygens (including phenoxy) is 2. The fourth-order valence-corrected chi connectivity index (χ4v) is 4.73. The lowest BCUT2D eigenvalue weighted by molar-refractivity contribution is -0.384. The highest BCUT2D eigenvalue weighted by Gasteiger charge is 2.37. The summed E-state index contributed by atoms with van der Waals surface area (Å²) in [4.78, 5) is 49.8. The number of amides is 4. The molecule has 0 spiro atoms. The quantitative estimate of drug-likeness (QED) is 0.114. The summed E-state index contributed by atoms with van der Waals surface area (Å²) in [6, 6.07) is 13.5. The van der Waals surface area contributed by atoms with Crippen molar-refractivity contribution in [2.45, 2.75) is 13.5 Å². The van der Waals surface area contributed by atoms with E-state index in [2.05, 4.69) is 21.2 Å². The number of anilines is 1. The molecule has 194 valence electrons. The van der Waals surface area contributed by atoms with Crippen molar-refractivity contribution in [1.29, 1.82) is 0 Å². The highest BCUT2D eigenvalue weighted by molar-refractivity contribution is 14.1. The second kappa shape index (κ2) is 11.3. The summed E-state index contributed by atoms with van der Waals surface area (Å²) < 4.78 is 12.8. The number of nitro benzene ring substituents is 1. The van der Waals surface area contributed by atoms with Crippen LogP contribution >= 0.6 is 38.5 Å². The summed E-state index contributed by atoms with van der Waals surface area (Å²) >= 11 is 5.42. The van der Waals surface area contributed by atoms with Crippen molar-refractivity contribution in [1.82, 2.24) is 5.32 Å². The molecule has 1 aliphatic heterocycles. The number of nitro groups is 1. The van der Waals surface area contributed by atoms with E-state index in [1.54, 1.807) is 42.5 Å². The van der Waals surface area contributed by atoms with Crippen molar-refractivity contribution in [2.24, 2.45) is 0 Å². The SMILES string of the molecule is COc1cc(/C=C2\C(=O)NC(=O)N(c3ccc(Br)c(C)c3)C2=O)cc(I)c1OCc1cccc([N+](=O)[O-])c1. The number of carbonyl (C=O) groups is 3. The van der Waals surface area contributed by atoms with Gasteiger partial charge in [-0.3, -0.25) is 25.0 Å². The lowest BCUT2D eigenvalue weighted by Crippen LogP contribution is -2.54. The summed E-state index contributed by atoms with van der Waals surface area (Å²) in [6.07, 6.45) is 1.37. The van der Waals surface area contributed by atoms with Gasteiger partial charge in [-0.1, -0.05) is 28.1 Å². The molecule has 0 bridgehead atoms. The molecule has 1 fully saturated rings. The first-order valence-corrected chi connectivity index (χ1v) is 12.9. The Morgan fingerprint density at radius 1 is 1.13 bits per heavy atom. The molecule has 10 nitrogen and oxygen atoms in total. The lowest BCUT2D eigenvalue weighted by Gasteiger charge is -2.26. The first-order chi connectivity index (χ1) is 18.1. The summed E-state index contributed by atoms with van der Waals surface area (Å²) in [5, 5.41) is 13.2. The molecule has 1 aliphatic rings. The second-order valence-corrected chi connectivity index (χ2v) is 10.2. The van der Waals surface area contributed by atoms with Crippen LogP contribution in [0.1, 0.15) is 16.7 Å². The molecule has 1 heterocycles. The first-order valence-electron chi connectivity index (χ1n) is 11.0. The molecule has 0 saturated carbocycles. The number of methoxy groups -OCH3 is 1. The van der Waals surface area contributed by atoms with Crippen LogP contribution in [0.15, 0.2) is 64.6 Å². The standard InChI is InChI=1S/C26H19BrIN3O7/c1-14-8-17(6-7-20(14)27)30-25(33)19(24(32)29-26(30)34)10-16-11-21(28)23(22(12-16)37-2)38-13-15-4-3-5-18(9-15)31(35)36/h3-12H,13H2,1-2H3,(H,29,32,34)/b19-10+. The molecule has 4 rings (SSSR count). The molecular formula is C26H19BrIN3O7. The zero-order chi connectivity index (χ0) is 27.6. The first kappa shape index (κ1) is 27.3. The number of imide groups is 2. The average Bonchev–Trinajstić information content (AvgIpc) is 2.87. The van der Waals surface area contributed by atoms with Crippen molar-refractivity contribution in [3.8, 4) is 11.5 Å². The van der Waals surface area contributed by atoms with E-state index in [0.29, 0.717) is 31.9 Å². The van der Waals surface area contributed by atoms with E-state index < -0.39 is 22.8 Å². The minimum Gasteiger partial charge on any atom is -0.493 e. The van der Waals surface area contributed by atoms with Crippen molar-refractivity contribution in [3.05, 3.63) is 95.0 Å². The van der Waals surface area contributed by atoms with E-state index in [0.717, 1.165) is 14.9 Å². The van der Waals surface area contributed by atoms with E-state index in [9.17, 15) is 24.5 Å². The van der Waals surface area contributed by atoms with Crippen molar-refractivity contribution < 1.29 is 28.8 Å². The topological polar surface area (TPSA) is 128 Å². The predicted octanol–water partition coefficient (Wildman–Crippen LogP) is 5.52. The summed E-state index contributed by atoms with van der Waals surface area (Å²) in [6.45, 7) is 1.87. The molecule has 3 aromatic carbocycles. The van der Waals surface area contributed by atoms with Crippen LogP contribution < -0.4 is 19.7 Å². The second-order valence-electron chi connectivity index (χ2n) is 8.14. The zero-order valence-electron chi connectivity index (χ0n) is 20.0. The van der Waals surface area contributed by atoms with Crippen molar-refractivity contribution >= 4 is 73.8 Å². The summed E-state index contributed by atoms with van der Waals surface area (Å²) in [5.41, 5.74) is 1.92. The minimum atomic E-state index is -0.837. The largest absolute Gasteiger partial charge is 0.493 e. The number of non-ortho nitro benzene ring substituents is 1. The lowest BCUT2D eigenvalue weighted by atomic mass is 10.1. The number of halogens is 2. The number of nitrogens with zero attached hydrogens (tertiary/aromatic N) is 2. The van der Waals surface area contributed by atoms with Crippen LogP contribution in [-0.2, 0) is 16.2 Å². The van der Waals surface area contributed by atoms with Crippen LogP contribution in [0.25, 0.3) is 6.08 Å². The third kappa shape index (κ3) is 5.70. The molecule has 12 heteroatoms. The van der Waals surface area contributed by atoms with Crippen molar-refractivity contribution in [2.75, 3.05) is 12.0 Å². The number of hydrogen-bond donors (Lipinski definition) is 1. The van der Waals surface area contributed by atoms with Gasteiger partial charge >= 0.3 is 6.03 Å². The smallest absolute Gasteiger partial charge is 0.335 e. The molecule has 0 aliphatic carbocycles. The molecule has 1 saturated heterocycles. The van der Waals surface area contributed by atoms with E-state index in [1.165, 1.54) is 25.3 Å². The number of rotatable bonds is 7. The van der Waals surface area contributed by atoms with Gasteiger partial charge in [0, 0.05) is 16.6 Å². The number of hydrogen-bond acceptors (Lipinski definition) is 7. The maximum absolute atomic E-state index is 13.2. The van der Waals surface area contributed by atoms with Crippen LogP contribution in [0.4, 0.5) is 16.2 Å². The van der Waals surface area contributed by atoms with Crippen LogP contribution in [0, 0.1) is 20.6 Å². The van der Waals surface area contributed by atoms with Gasteiger partial charge in [-0.25, -0.2) is 9.69 Å². The number of barbiturate groups is 1. The Morgan fingerprint density at radius 3 is 2.58 bits per heavy atom. The highest BCUT2D eigenvalue weighted by atomic mass is 127. The number of urea groups is 1.